The first-order chi connectivity index (χ1) is 16.3. The van der Waals surface area contributed by atoms with Crippen molar-refractivity contribution in [2.45, 2.75) is 52.2 Å². The first-order valence-electron chi connectivity index (χ1n) is 11.6. The Balaban J connectivity index is 1.64. The zero-order valence-corrected chi connectivity index (χ0v) is 21.3. The van der Waals surface area contributed by atoms with Crippen LogP contribution in [0.3, 0.4) is 0 Å². The van der Waals surface area contributed by atoms with Gasteiger partial charge in [-0.25, -0.2) is 4.98 Å². The molecule has 10 heteroatoms. The Labute approximate surface area is 208 Å². The maximum atomic E-state index is 13.4. The van der Waals surface area contributed by atoms with E-state index in [2.05, 4.69) is 5.32 Å². The summed E-state index contributed by atoms with van der Waals surface area (Å²) in [7, 11) is 0. The lowest BCUT2D eigenvalue weighted by Crippen LogP contribution is -2.35. The first-order valence-corrected chi connectivity index (χ1v) is 12.8. The molecule has 34 heavy (non-hydrogen) atoms. The number of amides is 1. The largest absolute Gasteiger partial charge is 0.379 e. The topological polar surface area (TPSA) is 85.2 Å². The normalized spacial score (nSPS) is 19.8. The molecule has 8 nitrogen and oxygen atoms in total. The second kappa shape index (κ2) is 11.0. The van der Waals surface area contributed by atoms with Crippen molar-refractivity contribution in [3.8, 4) is 0 Å². The monoisotopic (exact) mass is 502 g/mol. The van der Waals surface area contributed by atoms with Gasteiger partial charge in [0.1, 0.15) is 15.8 Å². The molecule has 2 saturated heterocycles. The fourth-order valence-electron chi connectivity index (χ4n) is 3.95. The Morgan fingerprint density at radius 1 is 1.41 bits per heavy atom. The van der Waals surface area contributed by atoms with Crippen LogP contribution in [-0.4, -0.2) is 63.0 Å². The van der Waals surface area contributed by atoms with Gasteiger partial charge in [0, 0.05) is 26.0 Å². The van der Waals surface area contributed by atoms with E-state index in [0.29, 0.717) is 52.6 Å². The van der Waals surface area contributed by atoms with Crippen molar-refractivity contribution in [3.63, 3.8) is 0 Å². The van der Waals surface area contributed by atoms with Crippen molar-refractivity contribution in [2.75, 3.05) is 31.6 Å². The van der Waals surface area contributed by atoms with E-state index < -0.39 is 0 Å². The summed E-state index contributed by atoms with van der Waals surface area (Å²) in [6.45, 7) is 8.25. The van der Waals surface area contributed by atoms with Gasteiger partial charge in [-0.1, -0.05) is 30.0 Å². The molecule has 2 aliphatic heterocycles. The second-order valence-corrected chi connectivity index (χ2v) is 10.4. The molecule has 2 aromatic heterocycles. The molecule has 0 bridgehead atoms. The van der Waals surface area contributed by atoms with Gasteiger partial charge in [0.25, 0.3) is 11.5 Å². The predicted molar refractivity (Wildman–Crippen MR) is 139 cm³/mol. The number of aryl methyl sites for hydroxylation is 1. The number of thioether (sulfide) groups is 1. The number of fused-ring (bicyclic) bond motifs is 1. The highest BCUT2D eigenvalue weighted by Crippen LogP contribution is 2.34. The minimum absolute atomic E-state index is 0.00284. The van der Waals surface area contributed by atoms with Crippen LogP contribution in [0.15, 0.2) is 28.0 Å². The van der Waals surface area contributed by atoms with E-state index in [0.717, 1.165) is 24.8 Å². The van der Waals surface area contributed by atoms with Crippen molar-refractivity contribution in [1.29, 1.82) is 0 Å². The molecule has 4 rings (SSSR count). The Hall–Kier alpha value is -2.27. The lowest BCUT2D eigenvalue weighted by Gasteiger charge is -2.18. The molecule has 1 N–H and O–H groups in total. The van der Waals surface area contributed by atoms with Crippen LogP contribution in [-0.2, 0) is 14.3 Å². The van der Waals surface area contributed by atoms with E-state index in [1.54, 1.807) is 17.2 Å². The number of pyridine rings is 1. The van der Waals surface area contributed by atoms with Gasteiger partial charge in [-0.05, 0) is 57.7 Å². The lowest BCUT2D eigenvalue weighted by atomic mass is 10.2. The minimum atomic E-state index is -0.237. The molecule has 0 spiro atoms. The maximum absolute atomic E-state index is 13.4. The van der Waals surface area contributed by atoms with Crippen LogP contribution in [0.1, 0.15) is 44.2 Å². The molecule has 2 fully saturated rings. The van der Waals surface area contributed by atoms with Crippen LogP contribution in [0, 0.1) is 6.92 Å². The highest BCUT2D eigenvalue weighted by Gasteiger charge is 2.35. The number of carbonyl (C=O) groups is 1. The first kappa shape index (κ1) is 24.8. The average Bonchev–Trinajstić information content (AvgIpc) is 3.40. The summed E-state index contributed by atoms with van der Waals surface area (Å²) in [5.41, 5.74) is 1.57. The molecule has 0 aliphatic carbocycles. The molecule has 0 unspecified atom stereocenters. The molecule has 2 aromatic rings. The molecule has 4 heterocycles. The Morgan fingerprint density at radius 3 is 2.97 bits per heavy atom. The van der Waals surface area contributed by atoms with Crippen molar-refractivity contribution >= 4 is 51.7 Å². The van der Waals surface area contributed by atoms with Crippen LogP contribution >= 0.6 is 24.0 Å². The second-order valence-electron chi connectivity index (χ2n) is 8.69. The minimum Gasteiger partial charge on any atom is -0.379 e. The third-order valence-corrected chi connectivity index (χ3v) is 7.09. The molecular weight excluding hydrogens is 472 g/mol. The summed E-state index contributed by atoms with van der Waals surface area (Å²) in [5.74, 6) is 0.253. The number of hydrogen-bond acceptors (Lipinski definition) is 8. The number of nitrogens with zero attached hydrogens (tertiary/aromatic N) is 3. The summed E-state index contributed by atoms with van der Waals surface area (Å²) >= 11 is 6.68. The van der Waals surface area contributed by atoms with Gasteiger partial charge in [-0.2, -0.15) is 0 Å². The van der Waals surface area contributed by atoms with Gasteiger partial charge in [0.05, 0.1) is 29.2 Å². The summed E-state index contributed by atoms with van der Waals surface area (Å²) in [6, 6.07) is 3.73. The van der Waals surface area contributed by atoms with Gasteiger partial charge in [0.2, 0.25) is 0 Å². The van der Waals surface area contributed by atoms with Crippen molar-refractivity contribution < 1.29 is 14.3 Å². The third-order valence-electron chi connectivity index (χ3n) is 5.71. The summed E-state index contributed by atoms with van der Waals surface area (Å²) in [6.07, 6.45) is 6.15. The standard InChI is InChI=1S/C24H30N4O4S2/c1-15(2)31-12-6-9-25-20-18(22(29)27-10-4-7-16(3)21(27)26-20)13-19-23(30)28(24(33)34-19)14-17-8-5-11-32-17/h4,7,10,13,15,17,25H,5-6,8-9,11-12,14H2,1-3H3/b19-13-/t17-/m0/s1. The van der Waals surface area contributed by atoms with Gasteiger partial charge in [-0.3, -0.25) is 18.9 Å². The average molecular weight is 503 g/mol. The van der Waals surface area contributed by atoms with Crippen molar-refractivity contribution in [1.82, 2.24) is 14.3 Å². The number of carbonyl (C=O) groups excluding carboxylic acids is 1. The number of hydrogen-bond donors (Lipinski definition) is 1. The quantitative estimate of drug-likeness (QED) is 0.316. The molecule has 1 atom stereocenters. The van der Waals surface area contributed by atoms with E-state index in [1.807, 2.05) is 32.9 Å². The summed E-state index contributed by atoms with van der Waals surface area (Å²) in [4.78, 5) is 33.3. The SMILES string of the molecule is Cc1cccn2c(=O)c(/C=C3\SC(=S)N(C[C@@H]4CCCO4)C3=O)c(NCCCOC(C)C)nc12. The molecule has 0 aromatic carbocycles. The van der Waals surface area contributed by atoms with Crippen LogP contribution < -0.4 is 10.9 Å². The molecule has 2 aliphatic rings. The lowest BCUT2D eigenvalue weighted by molar-refractivity contribution is -0.123. The van der Waals surface area contributed by atoms with Gasteiger partial charge in [-0.15, -0.1) is 0 Å². The van der Waals surface area contributed by atoms with Crippen LogP contribution in [0.4, 0.5) is 5.82 Å². The number of aromatic nitrogens is 2. The van der Waals surface area contributed by atoms with Crippen molar-refractivity contribution in [2.24, 2.45) is 0 Å². The van der Waals surface area contributed by atoms with E-state index in [1.165, 1.54) is 16.2 Å². The summed E-state index contributed by atoms with van der Waals surface area (Å²) in [5, 5.41) is 3.28. The summed E-state index contributed by atoms with van der Waals surface area (Å²) < 4.78 is 13.3. The molecule has 182 valence electrons. The van der Waals surface area contributed by atoms with E-state index in [4.69, 9.17) is 26.7 Å². The Morgan fingerprint density at radius 2 is 2.24 bits per heavy atom. The number of anilines is 1. The highest BCUT2D eigenvalue weighted by molar-refractivity contribution is 8.26. The van der Waals surface area contributed by atoms with Crippen LogP contribution in [0.25, 0.3) is 11.7 Å². The number of ether oxygens (including phenoxy) is 2. The third kappa shape index (κ3) is 5.51. The van der Waals surface area contributed by atoms with E-state index >= 15 is 0 Å². The predicted octanol–water partition coefficient (Wildman–Crippen LogP) is 3.61. The van der Waals surface area contributed by atoms with Gasteiger partial charge < -0.3 is 14.8 Å². The molecule has 0 saturated carbocycles. The zero-order chi connectivity index (χ0) is 24.2. The molecule has 1 amide bonds. The van der Waals surface area contributed by atoms with Crippen LogP contribution in [0.2, 0.25) is 0 Å². The number of thiocarbonyl (C=S) groups is 1. The van der Waals surface area contributed by atoms with Crippen molar-refractivity contribution in [3.05, 3.63) is 44.7 Å². The molecule has 0 radical (unpaired) electrons. The highest BCUT2D eigenvalue weighted by atomic mass is 32.2. The van der Waals surface area contributed by atoms with Crippen LogP contribution in [0.5, 0.6) is 0 Å². The number of nitrogens with one attached hydrogen (secondary N) is 1. The van der Waals surface area contributed by atoms with E-state index in [9.17, 15) is 9.59 Å². The zero-order valence-electron chi connectivity index (χ0n) is 19.7. The van der Waals surface area contributed by atoms with E-state index in [-0.39, 0.29) is 23.7 Å². The number of rotatable bonds is 9. The van der Waals surface area contributed by atoms with Gasteiger partial charge in [0.15, 0.2) is 0 Å². The Kier molecular flexibility index (Phi) is 8.02. The fourth-order valence-corrected chi connectivity index (χ4v) is 5.21. The Bertz CT molecular complexity index is 1170. The molecular formula is C24H30N4O4S2. The fraction of sp³-hybridized carbons (Fsp3) is 0.500. The van der Waals surface area contributed by atoms with Gasteiger partial charge >= 0.3 is 0 Å². The smallest absolute Gasteiger partial charge is 0.267 e. The maximum Gasteiger partial charge on any atom is 0.267 e.